The Balaban J connectivity index is 1.88. The molecule has 0 atom stereocenters. The molecule has 1 aliphatic carbocycles. The number of rotatable bonds is 5. The monoisotopic (exact) mass is 376 g/mol. The van der Waals surface area contributed by atoms with Gasteiger partial charge in [-0.05, 0) is 53.5 Å². The molecule has 1 fully saturated rings. The quantitative estimate of drug-likeness (QED) is 0.419. The second-order valence-corrected chi connectivity index (χ2v) is 9.68. The largest absolute Gasteiger partial charge is 0.204 e. The second-order valence-electron chi connectivity index (χ2n) is 7.71. The van der Waals surface area contributed by atoms with E-state index in [0.717, 1.165) is 24.1 Å². The predicted octanol–water partition coefficient (Wildman–Crippen LogP) is 6.39. The van der Waals surface area contributed by atoms with Crippen LogP contribution in [0.3, 0.4) is 0 Å². The van der Waals surface area contributed by atoms with Crippen LogP contribution in [0.1, 0.15) is 51.0 Å². The zero-order valence-corrected chi connectivity index (χ0v) is 17.0. The molecule has 0 unspecified atom stereocenters. The molecule has 3 rings (SSSR count). The molecule has 140 valence electrons. The van der Waals surface area contributed by atoms with E-state index in [0.29, 0.717) is 11.1 Å². The highest BCUT2D eigenvalue weighted by molar-refractivity contribution is 6.35. The van der Waals surface area contributed by atoms with E-state index in [2.05, 4.69) is 25.6 Å². The van der Waals surface area contributed by atoms with Crippen LogP contribution in [0.4, 0.5) is 13.2 Å². The van der Waals surface area contributed by atoms with E-state index in [4.69, 9.17) is 0 Å². The summed E-state index contributed by atoms with van der Waals surface area (Å²) >= 11 is 0. The SMILES string of the molecule is CCC[C@]1(c2ccc(-c3cc(F)c(F)c(F)c3)cc2)CC[C@H]([SiH2]C)CC1. The van der Waals surface area contributed by atoms with Gasteiger partial charge in [0.1, 0.15) is 0 Å². The second kappa shape index (κ2) is 7.99. The third-order valence-corrected chi connectivity index (χ3v) is 8.15. The van der Waals surface area contributed by atoms with Crippen LogP contribution in [0, 0.1) is 17.5 Å². The lowest BCUT2D eigenvalue weighted by molar-refractivity contribution is 0.271. The molecule has 0 N–H and O–H groups in total. The van der Waals surface area contributed by atoms with Crippen molar-refractivity contribution in [2.24, 2.45) is 0 Å². The highest BCUT2D eigenvalue weighted by Crippen LogP contribution is 2.46. The number of hydrogen-bond donors (Lipinski definition) is 0. The van der Waals surface area contributed by atoms with Gasteiger partial charge in [0.05, 0.1) is 0 Å². The Kier molecular flexibility index (Phi) is 5.91. The molecule has 4 heteroatoms. The van der Waals surface area contributed by atoms with Gasteiger partial charge in [-0.2, -0.15) is 0 Å². The summed E-state index contributed by atoms with van der Waals surface area (Å²) < 4.78 is 40.2. The predicted molar refractivity (Wildman–Crippen MR) is 105 cm³/mol. The molecule has 0 bridgehead atoms. The van der Waals surface area contributed by atoms with Crippen LogP contribution < -0.4 is 0 Å². The van der Waals surface area contributed by atoms with Crippen molar-refractivity contribution in [3.8, 4) is 11.1 Å². The van der Waals surface area contributed by atoms with Gasteiger partial charge in [-0.15, -0.1) is 0 Å². The molecule has 1 saturated carbocycles. The Morgan fingerprint density at radius 2 is 1.54 bits per heavy atom. The summed E-state index contributed by atoms with van der Waals surface area (Å²) in [4.78, 5) is 0. The maximum Gasteiger partial charge on any atom is 0.194 e. The molecular weight excluding hydrogens is 349 g/mol. The Morgan fingerprint density at radius 3 is 2.04 bits per heavy atom. The van der Waals surface area contributed by atoms with E-state index in [1.54, 1.807) is 0 Å². The van der Waals surface area contributed by atoms with E-state index in [9.17, 15) is 13.2 Å². The van der Waals surface area contributed by atoms with Crippen molar-refractivity contribution in [1.29, 1.82) is 0 Å². The summed E-state index contributed by atoms with van der Waals surface area (Å²) in [5.74, 6) is -3.70. The molecule has 0 heterocycles. The summed E-state index contributed by atoms with van der Waals surface area (Å²) in [7, 11) is 0.0714. The van der Waals surface area contributed by atoms with Gasteiger partial charge in [0.25, 0.3) is 0 Å². The lowest BCUT2D eigenvalue weighted by atomic mass is 9.66. The lowest BCUT2D eigenvalue weighted by Crippen LogP contribution is -2.31. The van der Waals surface area contributed by atoms with Crippen molar-refractivity contribution >= 4 is 9.52 Å². The molecule has 26 heavy (non-hydrogen) atoms. The first-order chi connectivity index (χ1) is 12.5. The fourth-order valence-corrected chi connectivity index (χ4v) is 5.76. The topological polar surface area (TPSA) is 0 Å². The molecule has 0 saturated heterocycles. The van der Waals surface area contributed by atoms with Crippen LogP contribution in [0.15, 0.2) is 36.4 Å². The van der Waals surface area contributed by atoms with Crippen molar-refractivity contribution < 1.29 is 13.2 Å². The summed E-state index contributed by atoms with van der Waals surface area (Å²) in [5, 5.41) is 0. The van der Waals surface area contributed by atoms with Gasteiger partial charge in [-0.3, -0.25) is 0 Å². The number of benzene rings is 2. The fourth-order valence-electron chi connectivity index (χ4n) is 4.54. The van der Waals surface area contributed by atoms with Gasteiger partial charge in [-0.1, -0.05) is 62.5 Å². The molecule has 2 aromatic rings. The third kappa shape index (κ3) is 3.75. The first-order valence-corrected chi connectivity index (χ1v) is 12.0. The molecule has 2 aromatic carbocycles. The van der Waals surface area contributed by atoms with E-state index in [1.165, 1.54) is 37.7 Å². The molecule has 0 nitrogen and oxygen atoms in total. The van der Waals surface area contributed by atoms with E-state index >= 15 is 0 Å². The van der Waals surface area contributed by atoms with E-state index < -0.39 is 17.5 Å². The van der Waals surface area contributed by atoms with Gasteiger partial charge < -0.3 is 0 Å². The highest BCUT2D eigenvalue weighted by atomic mass is 28.2. The van der Waals surface area contributed by atoms with Gasteiger partial charge in [0.15, 0.2) is 17.5 Å². The Hall–Kier alpha value is -1.55. The molecule has 1 aliphatic rings. The standard InChI is InChI=1S/C22H27F3Si/c1-3-10-22(11-8-18(26-2)9-12-22)17-6-4-15(5-7-17)16-13-19(23)21(25)20(24)14-16/h4-7,13-14,18H,3,8-12,26H2,1-2H3/t18-,22-. The van der Waals surface area contributed by atoms with Crippen LogP contribution in [0.2, 0.25) is 12.1 Å². The van der Waals surface area contributed by atoms with Crippen LogP contribution in [0.5, 0.6) is 0 Å². The Labute approximate surface area is 156 Å². The molecule has 0 aliphatic heterocycles. The first kappa shape index (κ1) is 19.2. The van der Waals surface area contributed by atoms with Crippen molar-refractivity contribution in [2.75, 3.05) is 0 Å². The zero-order valence-electron chi connectivity index (χ0n) is 15.6. The van der Waals surface area contributed by atoms with Crippen molar-refractivity contribution in [3.63, 3.8) is 0 Å². The molecule has 0 radical (unpaired) electrons. The van der Waals surface area contributed by atoms with Gasteiger partial charge in [0, 0.05) is 9.52 Å². The maximum atomic E-state index is 13.5. The van der Waals surface area contributed by atoms with Crippen molar-refractivity contribution in [2.45, 2.75) is 63.0 Å². The maximum absolute atomic E-state index is 13.5. The summed E-state index contributed by atoms with van der Waals surface area (Å²) in [6, 6.07) is 10.2. The average molecular weight is 377 g/mol. The Morgan fingerprint density at radius 1 is 0.962 bits per heavy atom. The minimum Gasteiger partial charge on any atom is -0.204 e. The number of halogens is 3. The third-order valence-electron chi connectivity index (χ3n) is 6.18. The number of hydrogen-bond acceptors (Lipinski definition) is 0. The minimum atomic E-state index is -1.41. The highest BCUT2D eigenvalue weighted by Gasteiger charge is 2.35. The van der Waals surface area contributed by atoms with Gasteiger partial charge >= 0.3 is 0 Å². The fraction of sp³-hybridized carbons (Fsp3) is 0.455. The normalized spacial score (nSPS) is 23.7. The zero-order chi connectivity index (χ0) is 18.7. The smallest absolute Gasteiger partial charge is 0.194 e. The molecular formula is C22H27F3Si. The van der Waals surface area contributed by atoms with Crippen LogP contribution >= 0.6 is 0 Å². The Bertz CT molecular complexity index is 723. The van der Waals surface area contributed by atoms with Gasteiger partial charge in [0.2, 0.25) is 0 Å². The van der Waals surface area contributed by atoms with Crippen LogP contribution in [-0.4, -0.2) is 9.52 Å². The lowest BCUT2D eigenvalue weighted by Gasteiger charge is -2.41. The van der Waals surface area contributed by atoms with Gasteiger partial charge in [-0.25, -0.2) is 13.2 Å². The van der Waals surface area contributed by atoms with E-state index in [1.807, 2.05) is 12.1 Å². The van der Waals surface area contributed by atoms with Crippen LogP contribution in [-0.2, 0) is 5.41 Å². The summed E-state index contributed by atoms with van der Waals surface area (Å²) in [6.45, 7) is 4.65. The minimum absolute atomic E-state index is 0.0714. The molecule has 0 amide bonds. The molecule has 0 aromatic heterocycles. The van der Waals surface area contributed by atoms with Crippen LogP contribution in [0.25, 0.3) is 11.1 Å². The van der Waals surface area contributed by atoms with E-state index in [-0.39, 0.29) is 14.9 Å². The van der Waals surface area contributed by atoms with Crippen molar-refractivity contribution in [3.05, 3.63) is 59.4 Å². The summed E-state index contributed by atoms with van der Waals surface area (Å²) in [6.07, 6.45) is 7.49. The first-order valence-electron chi connectivity index (χ1n) is 9.74. The summed E-state index contributed by atoms with van der Waals surface area (Å²) in [5.41, 5.74) is 3.64. The average Bonchev–Trinajstić information content (AvgIpc) is 2.66. The molecule has 0 spiro atoms. The van der Waals surface area contributed by atoms with Crippen molar-refractivity contribution in [1.82, 2.24) is 0 Å².